The van der Waals surface area contributed by atoms with Gasteiger partial charge in [0.05, 0.1) is 12.2 Å². The number of aryl methyl sites for hydroxylation is 1. The summed E-state index contributed by atoms with van der Waals surface area (Å²) in [5.74, 6) is 0.000332. The van der Waals surface area contributed by atoms with E-state index in [-0.39, 0.29) is 0 Å². The quantitative estimate of drug-likeness (QED) is 0.113. The third kappa shape index (κ3) is 6.33. The van der Waals surface area contributed by atoms with E-state index in [4.69, 9.17) is 4.74 Å². The van der Waals surface area contributed by atoms with Crippen molar-refractivity contribution in [2.24, 2.45) is 0 Å². The number of carboxylic acids is 1. The fourth-order valence-electron chi connectivity index (χ4n) is 4.16. The second-order valence-corrected chi connectivity index (χ2v) is 10.8. The van der Waals surface area contributed by atoms with Gasteiger partial charge in [0.1, 0.15) is 5.75 Å². The highest BCUT2D eigenvalue weighted by Crippen LogP contribution is 2.36. The molecule has 0 amide bonds. The Kier molecular flexibility index (Phi) is 8.63. The first-order chi connectivity index (χ1) is 17.0. The predicted octanol–water partition coefficient (Wildman–Crippen LogP) is 9.17. The fourth-order valence-corrected chi connectivity index (χ4v) is 5.69. The summed E-state index contributed by atoms with van der Waals surface area (Å²) in [5.41, 5.74) is 4.69. The molecule has 180 valence electrons. The smallest absolute Gasteiger partial charge is 0.336 e. The Hall–Kier alpha value is -2.64. The van der Waals surface area contributed by atoms with E-state index >= 15 is 0 Å². The van der Waals surface area contributed by atoms with E-state index in [0.717, 1.165) is 33.3 Å². The van der Waals surface area contributed by atoms with Gasteiger partial charge in [0.15, 0.2) is 0 Å². The van der Waals surface area contributed by atoms with Crippen LogP contribution in [-0.2, 0) is 6.42 Å². The topological polar surface area (TPSA) is 46.5 Å². The van der Waals surface area contributed by atoms with E-state index in [0.29, 0.717) is 12.2 Å². The molecule has 0 spiro atoms. The SMILES string of the molecule is CCCCCc1cc(-c2cc3cc(OCC)ccc3s2)ccc1C=Cc1ccc(I)cc1C(=O)O. The van der Waals surface area contributed by atoms with Gasteiger partial charge in [0.25, 0.3) is 0 Å². The molecule has 3 nitrogen and oxygen atoms in total. The number of thiophene rings is 1. The summed E-state index contributed by atoms with van der Waals surface area (Å²) >= 11 is 3.94. The maximum atomic E-state index is 11.7. The molecular formula is C30H29IO3S. The zero-order chi connectivity index (χ0) is 24.8. The zero-order valence-corrected chi connectivity index (χ0v) is 23.0. The van der Waals surface area contributed by atoms with E-state index in [9.17, 15) is 9.90 Å². The molecule has 0 fully saturated rings. The lowest BCUT2D eigenvalue weighted by atomic mass is 9.96. The summed E-state index contributed by atoms with van der Waals surface area (Å²) in [6.45, 7) is 4.88. The van der Waals surface area contributed by atoms with Gasteiger partial charge in [0.2, 0.25) is 0 Å². The first-order valence-electron chi connectivity index (χ1n) is 12.0. The number of hydrogen-bond acceptors (Lipinski definition) is 3. The largest absolute Gasteiger partial charge is 0.494 e. The maximum absolute atomic E-state index is 11.7. The van der Waals surface area contributed by atoms with Crippen molar-refractivity contribution in [2.75, 3.05) is 6.61 Å². The molecule has 4 rings (SSSR count). The van der Waals surface area contributed by atoms with Gasteiger partial charge in [0, 0.05) is 13.1 Å². The fraction of sp³-hybridized carbons (Fsp3) is 0.233. The summed E-state index contributed by atoms with van der Waals surface area (Å²) in [4.78, 5) is 13.0. The molecule has 0 radical (unpaired) electrons. The van der Waals surface area contributed by atoms with Gasteiger partial charge >= 0.3 is 5.97 Å². The zero-order valence-electron chi connectivity index (χ0n) is 20.0. The van der Waals surface area contributed by atoms with Crippen LogP contribution in [0.2, 0.25) is 0 Å². The number of benzene rings is 3. The molecule has 35 heavy (non-hydrogen) atoms. The van der Waals surface area contributed by atoms with Crippen LogP contribution < -0.4 is 4.74 Å². The van der Waals surface area contributed by atoms with Crippen LogP contribution in [0.1, 0.15) is 60.2 Å². The van der Waals surface area contributed by atoms with Crippen molar-refractivity contribution < 1.29 is 14.6 Å². The van der Waals surface area contributed by atoms with Crippen LogP contribution in [0.25, 0.3) is 32.7 Å². The maximum Gasteiger partial charge on any atom is 0.336 e. The van der Waals surface area contributed by atoms with Gasteiger partial charge in [-0.3, -0.25) is 0 Å². The number of rotatable bonds is 10. The molecule has 0 bridgehead atoms. The molecule has 0 saturated heterocycles. The van der Waals surface area contributed by atoms with Crippen molar-refractivity contribution >= 4 is 62.1 Å². The lowest BCUT2D eigenvalue weighted by Crippen LogP contribution is -2.00. The van der Waals surface area contributed by atoms with Gasteiger partial charge in [-0.25, -0.2) is 4.79 Å². The number of carbonyl (C=O) groups is 1. The van der Waals surface area contributed by atoms with Crippen molar-refractivity contribution in [3.05, 3.63) is 86.5 Å². The second kappa shape index (κ2) is 11.9. The molecule has 0 aliphatic heterocycles. The number of unbranched alkanes of at least 4 members (excludes halogenated alkanes) is 2. The van der Waals surface area contributed by atoms with Gasteiger partial charge < -0.3 is 9.84 Å². The van der Waals surface area contributed by atoms with Gasteiger partial charge in [-0.1, -0.05) is 50.1 Å². The number of fused-ring (bicyclic) bond motifs is 1. The first-order valence-corrected chi connectivity index (χ1v) is 13.9. The molecule has 0 atom stereocenters. The standard InChI is InChI=1S/C30H29IO3S/c1-3-5-6-7-22-16-23(29-18-24-17-26(34-4-2)14-15-28(24)35-29)11-9-20(22)8-10-21-12-13-25(31)19-27(21)30(32)33/h8-19H,3-7H2,1-2H3,(H,32,33). The predicted molar refractivity (Wildman–Crippen MR) is 157 cm³/mol. The summed E-state index contributed by atoms with van der Waals surface area (Å²) in [6, 6.07) is 20.7. The van der Waals surface area contributed by atoms with Crippen LogP contribution in [0.15, 0.2) is 60.7 Å². The van der Waals surface area contributed by atoms with E-state index in [1.165, 1.54) is 38.9 Å². The monoisotopic (exact) mass is 596 g/mol. The molecule has 3 aromatic carbocycles. The number of hydrogen-bond donors (Lipinski definition) is 1. The Balaban J connectivity index is 1.68. The minimum Gasteiger partial charge on any atom is -0.494 e. The average Bonchev–Trinajstić information content (AvgIpc) is 3.27. The number of carboxylic acid groups (broad SMARTS) is 1. The molecule has 1 N–H and O–H groups in total. The highest BCUT2D eigenvalue weighted by Gasteiger charge is 2.11. The molecule has 5 heteroatoms. The van der Waals surface area contributed by atoms with Crippen LogP contribution >= 0.6 is 33.9 Å². The third-order valence-corrected chi connectivity index (χ3v) is 7.80. The van der Waals surface area contributed by atoms with E-state index in [1.54, 1.807) is 17.4 Å². The van der Waals surface area contributed by atoms with Crippen LogP contribution in [-0.4, -0.2) is 17.7 Å². The minimum absolute atomic E-state index is 0.328. The van der Waals surface area contributed by atoms with E-state index < -0.39 is 5.97 Å². The number of halogens is 1. The van der Waals surface area contributed by atoms with Crippen LogP contribution in [0.3, 0.4) is 0 Å². The van der Waals surface area contributed by atoms with Gasteiger partial charge in [-0.2, -0.15) is 0 Å². The highest BCUT2D eigenvalue weighted by molar-refractivity contribution is 14.1. The number of ether oxygens (including phenoxy) is 1. The summed E-state index contributed by atoms with van der Waals surface area (Å²) < 4.78 is 7.84. The van der Waals surface area contributed by atoms with E-state index in [1.807, 2.05) is 31.2 Å². The third-order valence-electron chi connectivity index (χ3n) is 5.96. The van der Waals surface area contributed by atoms with Gasteiger partial charge in [-0.05, 0) is 112 Å². The van der Waals surface area contributed by atoms with Crippen LogP contribution in [0.4, 0.5) is 0 Å². The molecule has 1 aromatic heterocycles. The lowest BCUT2D eigenvalue weighted by molar-refractivity contribution is 0.0696. The molecule has 4 aromatic rings. The van der Waals surface area contributed by atoms with Crippen molar-refractivity contribution in [1.82, 2.24) is 0 Å². The van der Waals surface area contributed by atoms with Gasteiger partial charge in [-0.15, -0.1) is 11.3 Å². The Morgan fingerprint density at radius 2 is 1.77 bits per heavy atom. The Morgan fingerprint density at radius 3 is 2.54 bits per heavy atom. The van der Waals surface area contributed by atoms with Crippen molar-refractivity contribution in [3.63, 3.8) is 0 Å². The molecule has 1 heterocycles. The van der Waals surface area contributed by atoms with E-state index in [2.05, 4.69) is 72.0 Å². The molecule has 0 aliphatic carbocycles. The van der Waals surface area contributed by atoms with Crippen LogP contribution in [0, 0.1) is 3.57 Å². The first kappa shape index (κ1) is 25.5. The summed E-state index contributed by atoms with van der Waals surface area (Å²) in [7, 11) is 0. The van der Waals surface area contributed by atoms with Crippen LogP contribution in [0.5, 0.6) is 5.75 Å². The molecule has 0 saturated carbocycles. The summed E-state index contributed by atoms with van der Waals surface area (Å²) in [6.07, 6.45) is 8.48. The Morgan fingerprint density at radius 1 is 0.971 bits per heavy atom. The van der Waals surface area contributed by atoms with Crippen molar-refractivity contribution in [2.45, 2.75) is 39.5 Å². The Bertz CT molecular complexity index is 1370. The lowest BCUT2D eigenvalue weighted by Gasteiger charge is -2.09. The van der Waals surface area contributed by atoms with Crippen molar-refractivity contribution in [1.29, 1.82) is 0 Å². The molecule has 0 aliphatic rings. The normalized spacial score (nSPS) is 11.4. The number of aromatic carboxylic acids is 1. The molecule has 0 unspecified atom stereocenters. The second-order valence-electron chi connectivity index (χ2n) is 8.48. The highest BCUT2D eigenvalue weighted by atomic mass is 127. The minimum atomic E-state index is -0.904. The van der Waals surface area contributed by atoms with Crippen molar-refractivity contribution in [3.8, 4) is 16.2 Å². The Labute approximate surface area is 224 Å². The average molecular weight is 597 g/mol. The summed E-state index contributed by atoms with van der Waals surface area (Å²) in [5, 5.41) is 10.8. The molecular weight excluding hydrogens is 567 g/mol.